The molecule has 0 N–H and O–H groups in total. The van der Waals surface area contributed by atoms with E-state index in [4.69, 9.17) is 0 Å². The van der Waals surface area contributed by atoms with Gasteiger partial charge in [0, 0.05) is 25.2 Å². The predicted molar refractivity (Wildman–Crippen MR) is 109 cm³/mol. The second-order valence-corrected chi connectivity index (χ2v) is 8.46. The first kappa shape index (κ1) is 19.2. The van der Waals surface area contributed by atoms with Crippen molar-refractivity contribution in [2.75, 3.05) is 26.2 Å². The van der Waals surface area contributed by atoms with E-state index in [1.54, 1.807) is 0 Å². The lowest BCUT2D eigenvalue weighted by Crippen LogP contribution is -2.42. The Bertz CT molecular complexity index is 626. The van der Waals surface area contributed by atoms with E-state index in [1.165, 1.54) is 31.5 Å². The SMILES string of the molecule is CC(=CC(=O)N1CCC[C@H]1CN1CCCC1)c1ccc(CC(C)C)cc1. The van der Waals surface area contributed by atoms with Crippen LogP contribution in [0.25, 0.3) is 5.57 Å². The lowest BCUT2D eigenvalue weighted by atomic mass is 9.99. The van der Waals surface area contributed by atoms with Crippen LogP contribution in [0.3, 0.4) is 0 Å². The van der Waals surface area contributed by atoms with Gasteiger partial charge in [-0.25, -0.2) is 0 Å². The maximum absolute atomic E-state index is 12.9. The fourth-order valence-electron chi connectivity index (χ4n) is 4.31. The van der Waals surface area contributed by atoms with Crippen LogP contribution >= 0.6 is 0 Å². The second kappa shape index (κ2) is 8.85. The molecule has 0 aromatic heterocycles. The summed E-state index contributed by atoms with van der Waals surface area (Å²) < 4.78 is 0. The molecule has 2 aliphatic rings. The quantitative estimate of drug-likeness (QED) is 0.708. The van der Waals surface area contributed by atoms with Gasteiger partial charge in [-0.1, -0.05) is 38.1 Å². The van der Waals surface area contributed by atoms with E-state index in [1.807, 2.05) is 6.08 Å². The van der Waals surface area contributed by atoms with Crippen molar-refractivity contribution in [3.8, 4) is 0 Å². The van der Waals surface area contributed by atoms with E-state index in [9.17, 15) is 4.79 Å². The lowest BCUT2D eigenvalue weighted by molar-refractivity contribution is -0.127. The van der Waals surface area contributed by atoms with E-state index in [-0.39, 0.29) is 5.91 Å². The summed E-state index contributed by atoms with van der Waals surface area (Å²) in [4.78, 5) is 17.5. The van der Waals surface area contributed by atoms with Gasteiger partial charge in [0.05, 0.1) is 0 Å². The summed E-state index contributed by atoms with van der Waals surface area (Å²) in [5.74, 6) is 0.859. The molecule has 2 heterocycles. The van der Waals surface area contributed by atoms with Gasteiger partial charge in [-0.2, -0.15) is 0 Å². The first-order valence-electron chi connectivity index (χ1n) is 10.3. The second-order valence-electron chi connectivity index (χ2n) is 8.46. The van der Waals surface area contributed by atoms with E-state index < -0.39 is 0 Å². The number of allylic oxidation sites excluding steroid dienone is 1. The minimum atomic E-state index is 0.190. The molecule has 0 unspecified atom stereocenters. The van der Waals surface area contributed by atoms with Crippen LogP contribution in [-0.4, -0.2) is 47.9 Å². The van der Waals surface area contributed by atoms with Crippen molar-refractivity contribution in [3.63, 3.8) is 0 Å². The van der Waals surface area contributed by atoms with E-state index in [2.05, 4.69) is 54.8 Å². The molecule has 0 radical (unpaired) electrons. The van der Waals surface area contributed by atoms with Gasteiger partial charge in [0.25, 0.3) is 0 Å². The average Bonchev–Trinajstić information content (AvgIpc) is 3.27. The average molecular weight is 355 g/mol. The minimum Gasteiger partial charge on any atom is -0.335 e. The molecule has 3 heteroatoms. The fourth-order valence-corrected chi connectivity index (χ4v) is 4.31. The summed E-state index contributed by atoms with van der Waals surface area (Å²) in [5, 5.41) is 0. The summed E-state index contributed by atoms with van der Waals surface area (Å²) in [7, 11) is 0. The Morgan fingerprint density at radius 2 is 1.81 bits per heavy atom. The predicted octanol–water partition coefficient (Wildman–Crippen LogP) is 4.38. The molecular formula is C23H34N2O. The highest BCUT2D eigenvalue weighted by Gasteiger charge is 2.29. The van der Waals surface area contributed by atoms with Crippen molar-refractivity contribution < 1.29 is 4.79 Å². The number of amides is 1. The molecule has 0 bridgehead atoms. The molecule has 1 amide bonds. The number of hydrogen-bond acceptors (Lipinski definition) is 2. The third kappa shape index (κ3) is 4.97. The first-order chi connectivity index (χ1) is 12.5. The van der Waals surface area contributed by atoms with Crippen LogP contribution in [0, 0.1) is 5.92 Å². The highest BCUT2D eigenvalue weighted by molar-refractivity contribution is 5.95. The zero-order chi connectivity index (χ0) is 18.5. The molecule has 26 heavy (non-hydrogen) atoms. The highest BCUT2D eigenvalue weighted by atomic mass is 16.2. The maximum atomic E-state index is 12.9. The van der Waals surface area contributed by atoms with Crippen molar-refractivity contribution in [3.05, 3.63) is 41.5 Å². The standard InChI is InChI=1S/C23H34N2O/c1-18(2)15-20-8-10-21(11-9-20)19(3)16-23(26)25-14-6-7-22(25)17-24-12-4-5-13-24/h8-11,16,18,22H,4-7,12-15,17H2,1-3H3/t22-/m0/s1. The van der Waals surface area contributed by atoms with Crippen LogP contribution in [-0.2, 0) is 11.2 Å². The summed E-state index contributed by atoms with van der Waals surface area (Å²) >= 11 is 0. The smallest absolute Gasteiger partial charge is 0.247 e. The molecule has 1 aromatic rings. The number of benzene rings is 1. The molecular weight excluding hydrogens is 320 g/mol. The molecule has 0 aliphatic carbocycles. The van der Waals surface area contributed by atoms with Crippen LogP contribution in [0.15, 0.2) is 30.3 Å². The van der Waals surface area contributed by atoms with Crippen molar-refractivity contribution in [1.82, 2.24) is 9.80 Å². The van der Waals surface area contributed by atoms with E-state index in [0.29, 0.717) is 12.0 Å². The molecule has 0 saturated carbocycles. The molecule has 0 spiro atoms. The molecule has 2 aliphatic heterocycles. The maximum Gasteiger partial charge on any atom is 0.247 e. The number of rotatable bonds is 6. The van der Waals surface area contributed by atoms with Crippen molar-refractivity contribution in [2.45, 2.75) is 58.9 Å². The lowest BCUT2D eigenvalue weighted by Gasteiger charge is -2.28. The summed E-state index contributed by atoms with van der Waals surface area (Å²) in [6.45, 7) is 10.9. The Morgan fingerprint density at radius 1 is 1.12 bits per heavy atom. The van der Waals surface area contributed by atoms with Crippen molar-refractivity contribution in [2.24, 2.45) is 5.92 Å². The number of nitrogens with zero attached hydrogens (tertiary/aromatic N) is 2. The van der Waals surface area contributed by atoms with E-state index >= 15 is 0 Å². The van der Waals surface area contributed by atoms with Crippen LogP contribution in [0.4, 0.5) is 0 Å². The van der Waals surface area contributed by atoms with Crippen LogP contribution in [0.2, 0.25) is 0 Å². The van der Waals surface area contributed by atoms with Gasteiger partial charge in [-0.15, -0.1) is 0 Å². The highest BCUT2D eigenvalue weighted by Crippen LogP contribution is 2.22. The third-order valence-corrected chi connectivity index (χ3v) is 5.72. The number of carbonyl (C=O) groups excluding carboxylic acids is 1. The van der Waals surface area contributed by atoms with E-state index in [0.717, 1.165) is 43.5 Å². The molecule has 3 rings (SSSR count). The summed E-state index contributed by atoms with van der Waals surface area (Å²) in [5.41, 5.74) is 3.59. The van der Waals surface area contributed by atoms with Gasteiger partial charge in [-0.05, 0) is 74.7 Å². The third-order valence-electron chi connectivity index (χ3n) is 5.72. The van der Waals surface area contributed by atoms with Crippen LogP contribution < -0.4 is 0 Å². The van der Waals surface area contributed by atoms with Gasteiger partial charge in [0.15, 0.2) is 0 Å². The summed E-state index contributed by atoms with van der Waals surface area (Å²) in [6.07, 6.45) is 7.87. The van der Waals surface area contributed by atoms with Gasteiger partial charge >= 0.3 is 0 Å². The zero-order valence-corrected chi connectivity index (χ0v) is 16.7. The van der Waals surface area contributed by atoms with Gasteiger partial charge in [-0.3, -0.25) is 4.79 Å². The van der Waals surface area contributed by atoms with Gasteiger partial charge in [0.2, 0.25) is 5.91 Å². The van der Waals surface area contributed by atoms with Crippen LogP contribution in [0.5, 0.6) is 0 Å². The Balaban J connectivity index is 1.62. The molecule has 1 atom stereocenters. The molecule has 1 aromatic carbocycles. The fraction of sp³-hybridized carbons (Fsp3) is 0.609. The molecule has 3 nitrogen and oxygen atoms in total. The Labute approximate surface area is 159 Å². The number of likely N-dealkylation sites (tertiary alicyclic amines) is 2. The zero-order valence-electron chi connectivity index (χ0n) is 16.7. The normalized spacial score (nSPS) is 21.8. The largest absolute Gasteiger partial charge is 0.335 e. The molecule has 2 fully saturated rings. The van der Waals surface area contributed by atoms with Crippen molar-refractivity contribution >= 4 is 11.5 Å². The molecule has 142 valence electrons. The number of hydrogen-bond donors (Lipinski definition) is 0. The topological polar surface area (TPSA) is 23.6 Å². The molecule has 2 saturated heterocycles. The minimum absolute atomic E-state index is 0.190. The number of carbonyl (C=O) groups is 1. The Morgan fingerprint density at radius 3 is 2.46 bits per heavy atom. The van der Waals surface area contributed by atoms with Gasteiger partial charge < -0.3 is 9.80 Å². The Kier molecular flexibility index (Phi) is 6.53. The van der Waals surface area contributed by atoms with Crippen LogP contribution in [0.1, 0.15) is 57.6 Å². The Hall–Kier alpha value is -1.61. The monoisotopic (exact) mass is 354 g/mol. The van der Waals surface area contributed by atoms with Gasteiger partial charge in [0.1, 0.15) is 0 Å². The first-order valence-corrected chi connectivity index (χ1v) is 10.3. The van der Waals surface area contributed by atoms with Crippen molar-refractivity contribution in [1.29, 1.82) is 0 Å². The summed E-state index contributed by atoms with van der Waals surface area (Å²) in [6, 6.07) is 9.11.